The molecule has 0 aliphatic heterocycles. The van der Waals surface area contributed by atoms with Crippen LogP contribution in [-0.4, -0.2) is 48.2 Å². The highest BCUT2D eigenvalue weighted by Crippen LogP contribution is 2.32. The van der Waals surface area contributed by atoms with E-state index in [1.54, 1.807) is 7.11 Å². The van der Waals surface area contributed by atoms with E-state index in [1.807, 2.05) is 6.92 Å². The molecule has 0 saturated heterocycles. The Labute approximate surface area is 102 Å². The Balaban J connectivity index is 2.31. The molecule has 0 bridgehead atoms. The standard InChI is InChI=1S/C12H22O5/c1-9(7-16-2)17-8-12(15)5-3-10(4-6-12)11(13)14/h9-10,15H,3-8H2,1-2H3,(H,13,14). The first-order valence-corrected chi connectivity index (χ1v) is 6.02. The summed E-state index contributed by atoms with van der Waals surface area (Å²) in [5.41, 5.74) is -0.867. The van der Waals surface area contributed by atoms with E-state index in [0.717, 1.165) is 0 Å². The average Bonchev–Trinajstić information content (AvgIpc) is 2.28. The molecule has 17 heavy (non-hydrogen) atoms. The van der Waals surface area contributed by atoms with E-state index in [9.17, 15) is 9.90 Å². The number of hydrogen-bond acceptors (Lipinski definition) is 4. The Bertz CT molecular complexity index is 245. The molecule has 0 aromatic carbocycles. The summed E-state index contributed by atoms with van der Waals surface area (Å²) < 4.78 is 10.4. The van der Waals surface area contributed by atoms with Gasteiger partial charge in [0, 0.05) is 7.11 Å². The summed E-state index contributed by atoms with van der Waals surface area (Å²) in [4.78, 5) is 10.8. The van der Waals surface area contributed by atoms with E-state index in [2.05, 4.69) is 0 Å². The van der Waals surface area contributed by atoms with Crippen molar-refractivity contribution in [1.82, 2.24) is 0 Å². The van der Waals surface area contributed by atoms with Gasteiger partial charge in [-0.3, -0.25) is 4.79 Å². The molecule has 1 saturated carbocycles. The minimum Gasteiger partial charge on any atom is -0.481 e. The summed E-state index contributed by atoms with van der Waals surface area (Å²) in [7, 11) is 1.60. The number of aliphatic carboxylic acids is 1. The number of carboxylic acid groups (broad SMARTS) is 1. The molecule has 0 aromatic rings. The van der Waals surface area contributed by atoms with Crippen molar-refractivity contribution in [3.05, 3.63) is 0 Å². The molecule has 1 rings (SSSR count). The van der Waals surface area contributed by atoms with Crippen molar-refractivity contribution in [3.8, 4) is 0 Å². The fourth-order valence-electron chi connectivity index (χ4n) is 2.13. The molecular formula is C12H22O5. The first kappa shape index (κ1) is 14.4. The second-order valence-electron chi connectivity index (χ2n) is 4.91. The fourth-order valence-corrected chi connectivity index (χ4v) is 2.13. The van der Waals surface area contributed by atoms with Crippen molar-refractivity contribution in [3.63, 3.8) is 0 Å². The average molecular weight is 246 g/mol. The number of ether oxygens (including phenoxy) is 2. The monoisotopic (exact) mass is 246 g/mol. The molecule has 0 spiro atoms. The van der Waals surface area contributed by atoms with Gasteiger partial charge < -0.3 is 19.7 Å². The van der Waals surface area contributed by atoms with Gasteiger partial charge in [0.15, 0.2) is 0 Å². The summed E-state index contributed by atoms with van der Waals surface area (Å²) in [6, 6.07) is 0. The Morgan fingerprint density at radius 3 is 2.53 bits per heavy atom. The van der Waals surface area contributed by atoms with E-state index in [4.69, 9.17) is 14.6 Å². The van der Waals surface area contributed by atoms with Crippen molar-refractivity contribution in [2.75, 3.05) is 20.3 Å². The summed E-state index contributed by atoms with van der Waals surface area (Å²) >= 11 is 0. The highest BCUT2D eigenvalue weighted by molar-refractivity contribution is 5.70. The maximum Gasteiger partial charge on any atom is 0.306 e. The smallest absolute Gasteiger partial charge is 0.306 e. The van der Waals surface area contributed by atoms with Crippen LogP contribution in [0.1, 0.15) is 32.6 Å². The van der Waals surface area contributed by atoms with Gasteiger partial charge in [-0.1, -0.05) is 0 Å². The number of carboxylic acids is 1. The lowest BCUT2D eigenvalue weighted by atomic mass is 9.79. The van der Waals surface area contributed by atoms with Crippen LogP contribution < -0.4 is 0 Å². The summed E-state index contributed by atoms with van der Waals surface area (Å²) in [5, 5.41) is 19.1. The lowest BCUT2D eigenvalue weighted by Crippen LogP contribution is -2.41. The number of aliphatic hydroxyl groups is 1. The SMILES string of the molecule is COCC(C)OCC1(O)CCC(C(=O)O)CC1. The zero-order valence-electron chi connectivity index (χ0n) is 10.5. The van der Waals surface area contributed by atoms with E-state index in [-0.39, 0.29) is 18.6 Å². The van der Waals surface area contributed by atoms with Crippen LogP contribution in [-0.2, 0) is 14.3 Å². The molecule has 0 aromatic heterocycles. The molecular weight excluding hydrogens is 224 g/mol. The highest BCUT2D eigenvalue weighted by atomic mass is 16.5. The number of hydrogen-bond donors (Lipinski definition) is 2. The molecule has 1 fully saturated rings. The Morgan fingerprint density at radius 2 is 2.06 bits per heavy atom. The summed E-state index contributed by atoms with van der Waals surface area (Å²) in [5.74, 6) is -1.08. The Morgan fingerprint density at radius 1 is 1.47 bits per heavy atom. The third-order valence-corrected chi connectivity index (χ3v) is 3.30. The zero-order valence-corrected chi connectivity index (χ0v) is 10.5. The van der Waals surface area contributed by atoms with Gasteiger partial charge in [-0.2, -0.15) is 0 Å². The first-order chi connectivity index (χ1) is 7.97. The van der Waals surface area contributed by atoms with E-state index < -0.39 is 11.6 Å². The van der Waals surface area contributed by atoms with Crippen LogP contribution in [0.15, 0.2) is 0 Å². The third-order valence-electron chi connectivity index (χ3n) is 3.30. The Hall–Kier alpha value is -0.650. The molecule has 2 N–H and O–H groups in total. The van der Waals surface area contributed by atoms with Gasteiger partial charge in [0.05, 0.1) is 30.8 Å². The topological polar surface area (TPSA) is 76.0 Å². The van der Waals surface area contributed by atoms with Crippen LogP contribution in [0.5, 0.6) is 0 Å². The van der Waals surface area contributed by atoms with Crippen molar-refractivity contribution < 1.29 is 24.5 Å². The number of carbonyl (C=O) groups is 1. The van der Waals surface area contributed by atoms with Gasteiger partial charge in [-0.05, 0) is 32.6 Å². The molecule has 1 aliphatic rings. The normalized spacial score (nSPS) is 31.1. The molecule has 1 unspecified atom stereocenters. The van der Waals surface area contributed by atoms with Crippen LogP contribution in [0.2, 0.25) is 0 Å². The minimum atomic E-state index is -0.867. The highest BCUT2D eigenvalue weighted by Gasteiger charge is 2.36. The molecule has 5 heteroatoms. The maximum atomic E-state index is 10.8. The van der Waals surface area contributed by atoms with Gasteiger partial charge in [0.25, 0.3) is 0 Å². The summed E-state index contributed by atoms with van der Waals surface area (Å²) in [6.45, 7) is 2.63. The molecule has 100 valence electrons. The second kappa shape index (κ2) is 6.33. The van der Waals surface area contributed by atoms with Gasteiger partial charge >= 0.3 is 5.97 Å². The molecule has 1 atom stereocenters. The van der Waals surface area contributed by atoms with E-state index in [0.29, 0.717) is 32.3 Å². The van der Waals surface area contributed by atoms with Crippen LogP contribution in [0, 0.1) is 5.92 Å². The van der Waals surface area contributed by atoms with Crippen molar-refractivity contribution in [2.24, 2.45) is 5.92 Å². The zero-order chi connectivity index (χ0) is 12.9. The van der Waals surface area contributed by atoms with Crippen molar-refractivity contribution >= 4 is 5.97 Å². The van der Waals surface area contributed by atoms with Gasteiger partial charge in [0.1, 0.15) is 0 Å². The van der Waals surface area contributed by atoms with Crippen LogP contribution in [0.25, 0.3) is 0 Å². The van der Waals surface area contributed by atoms with E-state index in [1.165, 1.54) is 0 Å². The number of rotatable bonds is 6. The summed E-state index contributed by atoms with van der Waals surface area (Å²) in [6.07, 6.45) is 1.97. The van der Waals surface area contributed by atoms with Gasteiger partial charge in [-0.15, -0.1) is 0 Å². The predicted octanol–water partition coefficient (Wildman–Crippen LogP) is 1.04. The molecule has 5 nitrogen and oxygen atoms in total. The molecule has 1 aliphatic carbocycles. The minimum absolute atomic E-state index is 0.0544. The molecule has 0 amide bonds. The second-order valence-corrected chi connectivity index (χ2v) is 4.91. The quantitative estimate of drug-likeness (QED) is 0.732. The molecule has 0 heterocycles. The van der Waals surface area contributed by atoms with Gasteiger partial charge in [-0.25, -0.2) is 0 Å². The lowest BCUT2D eigenvalue weighted by molar-refractivity contribution is -0.147. The largest absolute Gasteiger partial charge is 0.481 e. The first-order valence-electron chi connectivity index (χ1n) is 6.02. The van der Waals surface area contributed by atoms with Crippen molar-refractivity contribution in [2.45, 2.75) is 44.3 Å². The Kier molecular flexibility index (Phi) is 5.36. The van der Waals surface area contributed by atoms with E-state index >= 15 is 0 Å². The number of methoxy groups -OCH3 is 1. The lowest BCUT2D eigenvalue weighted by Gasteiger charge is -2.35. The predicted molar refractivity (Wildman–Crippen MR) is 61.8 cm³/mol. The fraction of sp³-hybridized carbons (Fsp3) is 0.917. The maximum absolute atomic E-state index is 10.8. The third kappa shape index (κ3) is 4.61. The van der Waals surface area contributed by atoms with Crippen LogP contribution >= 0.6 is 0 Å². The van der Waals surface area contributed by atoms with Crippen LogP contribution in [0.3, 0.4) is 0 Å². The van der Waals surface area contributed by atoms with Crippen LogP contribution in [0.4, 0.5) is 0 Å². The molecule has 0 radical (unpaired) electrons. The van der Waals surface area contributed by atoms with Gasteiger partial charge in [0.2, 0.25) is 0 Å². The van der Waals surface area contributed by atoms with Crippen molar-refractivity contribution in [1.29, 1.82) is 0 Å².